The molecule has 2 aromatic carbocycles. The third-order valence-electron chi connectivity index (χ3n) is 8.11. The number of ether oxygens (including phenoxy) is 1. The lowest BCUT2D eigenvalue weighted by atomic mass is 9.89. The molecular formula is C33H38N4O5. The van der Waals surface area contributed by atoms with Crippen LogP contribution in [0.3, 0.4) is 0 Å². The number of esters is 1. The van der Waals surface area contributed by atoms with Gasteiger partial charge >= 0.3 is 11.7 Å². The maximum Gasteiger partial charge on any atom is 0.439 e. The summed E-state index contributed by atoms with van der Waals surface area (Å²) in [5, 5.41) is 3.84. The van der Waals surface area contributed by atoms with Crippen molar-refractivity contribution in [3.63, 3.8) is 0 Å². The van der Waals surface area contributed by atoms with E-state index in [4.69, 9.17) is 14.2 Å². The van der Waals surface area contributed by atoms with Crippen molar-refractivity contribution in [3.8, 4) is 22.5 Å². The highest BCUT2D eigenvalue weighted by Crippen LogP contribution is 2.30. The van der Waals surface area contributed by atoms with Crippen LogP contribution in [0.5, 0.6) is 0 Å². The fourth-order valence-electron chi connectivity index (χ4n) is 5.63. The van der Waals surface area contributed by atoms with Crippen molar-refractivity contribution in [1.29, 1.82) is 0 Å². The summed E-state index contributed by atoms with van der Waals surface area (Å²) in [6.07, 6.45) is 6.30. The third kappa shape index (κ3) is 6.78. The molecule has 0 atom stereocenters. The van der Waals surface area contributed by atoms with Gasteiger partial charge in [-0.3, -0.25) is 23.7 Å². The van der Waals surface area contributed by atoms with E-state index in [1.807, 2.05) is 48.5 Å². The summed E-state index contributed by atoms with van der Waals surface area (Å²) in [6, 6.07) is 15.5. The average molecular weight is 571 g/mol. The molecule has 1 saturated carbocycles. The Bertz CT molecular complexity index is 1640. The summed E-state index contributed by atoms with van der Waals surface area (Å²) in [7, 11) is 0. The number of nitrogens with one attached hydrogen (secondary N) is 1. The minimum absolute atomic E-state index is 0.0683. The van der Waals surface area contributed by atoms with Crippen molar-refractivity contribution < 1.29 is 14.1 Å². The van der Waals surface area contributed by atoms with Gasteiger partial charge in [-0.1, -0.05) is 74.0 Å². The lowest BCUT2D eigenvalue weighted by Gasteiger charge is -2.26. The summed E-state index contributed by atoms with van der Waals surface area (Å²) in [6.45, 7) is 6.48. The zero-order valence-electron chi connectivity index (χ0n) is 24.5. The van der Waals surface area contributed by atoms with Crippen LogP contribution in [-0.4, -0.2) is 31.8 Å². The lowest BCUT2D eigenvalue weighted by Crippen LogP contribution is -2.32. The number of hydrogen-bond donors (Lipinski definition) is 1. The first-order valence-corrected chi connectivity index (χ1v) is 14.9. The number of carbonyl (C=O) groups is 1. The predicted molar refractivity (Wildman–Crippen MR) is 160 cm³/mol. The molecule has 0 amide bonds. The number of rotatable bonds is 10. The monoisotopic (exact) mass is 570 g/mol. The van der Waals surface area contributed by atoms with Crippen molar-refractivity contribution in [1.82, 2.24) is 19.7 Å². The van der Waals surface area contributed by atoms with E-state index in [2.05, 4.69) is 24.0 Å². The standard InChI is InChI=1S/C33H38N4O5/c1-4-5-10-29-34-22(3)28(19-30(38)41-25-17-11-21(2)12-18-25)32(39)37(29)20-23-13-15-24(16-14-23)26-8-6-7-9-27(26)31-35-33(40)42-36-31/h6-9,13-16,21,25H,4-5,10-12,17-20H2,1-3H3,(H,35,36,40). The number of H-pyrrole nitrogens is 1. The second-order valence-corrected chi connectivity index (χ2v) is 11.3. The summed E-state index contributed by atoms with van der Waals surface area (Å²) < 4.78 is 12.2. The van der Waals surface area contributed by atoms with Gasteiger partial charge in [0.05, 0.1) is 13.0 Å². The van der Waals surface area contributed by atoms with Gasteiger partial charge in [0.25, 0.3) is 5.56 Å². The maximum absolute atomic E-state index is 13.8. The quantitative estimate of drug-likeness (QED) is 0.246. The van der Waals surface area contributed by atoms with E-state index in [-0.39, 0.29) is 24.1 Å². The molecule has 9 heteroatoms. The minimum atomic E-state index is -0.609. The first kappa shape index (κ1) is 29.2. The smallest absolute Gasteiger partial charge is 0.439 e. The number of aryl methyl sites for hydroxylation is 2. The molecular weight excluding hydrogens is 532 g/mol. The molecule has 0 aliphatic heterocycles. The maximum atomic E-state index is 13.8. The predicted octanol–water partition coefficient (Wildman–Crippen LogP) is 5.62. The van der Waals surface area contributed by atoms with Gasteiger partial charge in [0, 0.05) is 23.2 Å². The van der Waals surface area contributed by atoms with Crippen molar-refractivity contribution in [2.45, 2.75) is 84.8 Å². The van der Waals surface area contributed by atoms with Crippen LogP contribution in [0.25, 0.3) is 22.5 Å². The molecule has 1 aliphatic carbocycles. The zero-order valence-corrected chi connectivity index (χ0v) is 24.5. The van der Waals surface area contributed by atoms with Gasteiger partial charge < -0.3 is 4.74 Å². The second-order valence-electron chi connectivity index (χ2n) is 11.3. The normalized spacial score (nSPS) is 16.8. The largest absolute Gasteiger partial charge is 0.462 e. The van der Waals surface area contributed by atoms with Crippen LogP contribution in [0.1, 0.15) is 75.0 Å². The summed E-state index contributed by atoms with van der Waals surface area (Å²) in [4.78, 5) is 45.6. The van der Waals surface area contributed by atoms with Gasteiger partial charge in [-0.15, -0.1) is 0 Å². The van der Waals surface area contributed by atoms with Gasteiger partial charge in [-0.05, 0) is 61.6 Å². The van der Waals surface area contributed by atoms with Crippen LogP contribution < -0.4 is 11.3 Å². The van der Waals surface area contributed by atoms with Gasteiger partial charge in [-0.2, -0.15) is 0 Å². The molecule has 0 saturated heterocycles. The Labute approximate surface area is 245 Å². The number of nitrogens with zero attached hydrogens (tertiary/aromatic N) is 3. The van der Waals surface area contributed by atoms with Crippen LogP contribution in [0, 0.1) is 12.8 Å². The van der Waals surface area contributed by atoms with E-state index in [9.17, 15) is 14.4 Å². The van der Waals surface area contributed by atoms with Crippen LogP contribution in [0.15, 0.2) is 62.6 Å². The average Bonchev–Trinajstić information content (AvgIpc) is 3.43. The number of unbranched alkanes of at least 4 members (excludes halogenated alkanes) is 1. The third-order valence-corrected chi connectivity index (χ3v) is 8.11. The topological polar surface area (TPSA) is 120 Å². The van der Waals surface area contributed by atoms with Crippen LogP contribution >= 0.6 is 0 Å². The van der Waals surface area contributed by atoms with Gasteiger partial charge in [0.15, 0.2) is 5.82 Å². The molecule has 9 nitrogen and oxygen atoms in total. The molecule has 220 valence electrons. The Morgan fingerprint density at radius 1 is 1.05 bits per heavy atom. The summed E-state index contributed by atoms with van der Waals surface area (Å²) in [5.41, 5.74) is 4.30. The molecule has 0 unspecified atom stereocenters. The molecule has 4 aromatic rings. The molecule has 1 aliphatic rings. The minimum Gasteiger partial charge on any atom is -0.462 e. The Balaban J connectivity index is 1.39. The van der Waals surface area contributed by atoms with Crippen molar-refractivity contribution in [2.24, 2.45) is 5.92 Å². The van der Waals surface area contributed by atoms with Gasteiger partial charge in [-0.25, -0.2) is 9.78 Å². The lowest BCUT2D eigenvalue weighted by molar-refractivity contribution is -0.150. The molecule has 0 radical (unpaired) electrons. The highest BCUT2D eigenvalue weighted by atomic mass is 16.5. The van der Waals surface area contributed by atoms with Crippen molar-refractivity contribution >= 4 is 5.97 Å². The van der Waals surface area contributed by atoms with Crippen molar-refractivity contribution in [2.75, 3.05) is 0 Å². The number of aromatic nitrogens is 4. The van der Waals surface area contributed by atoms with Gasteiger partial charge in [0.2, 0.25) is 0 Å². The molecule has 0 bridgehead atoms. The van der Waals surface area contributed by atoms with E-state index >= 15 is 0 Å². The molecule has 2 aromatic heterocycles. The highest BCUT2D eigenvalue weighted by molar-refractivity contribution is 5.80. The van der Waals surface area contributed by atoms with Gasteiger partial charge in [0.1, 0.15) is 11.9 Å². The second kappa shape index (κ2) is 13.1. The summed E-state index contributed by atoms with van der Waals surface area (Å²) >= 11 is 0. The highest BCUT2D eigenvalue weighted by Gasteiger charge is 2.24. The number of benzene rings is 2. The molecule has 2 heterocycles. The number of carbonyl (C=O) groups excluding carboxylic acids is 1. The Hall–Kier alpha value is -4.27. The van der Waals surface area contributed by atoms with E-state index < -0.39 is 5.76 Å². The molecule has 5 rings (SSSR count). The SMILES string of the molecule is CCCCc1nc(C)c(CC(=O)OC2CCC(C)CC2)c(=O)n1Cc1ccc(-c2ccccc2-c2noc(=O)[nH]2)cc1. The summed E-state index contributed by atoms with van der Waals surface area (Å²) in [5.74, 6) is 0.782. The fraction of sp³-hybridized carbons (Fsp3) is 0.424. The van der Waals surface area contributed by atoms with Crippen LogP contribution in [-0.2, 0) is 28.9 Å². The Kier molecular flexibility index (Phi) is 9.15. The van der Waals surface area contributed by atoms with Crippen molar-refractivity contribution in [3.05, 3.63) is 92.1 Å². The first-order chi connectivity index (χ1) is 20.3. The molecule has 42 heavy (non-hydrogen) atoms. The van der Waals surface area contributed by atoms with Crippen LogP contribution in [0.2, 0.25) is 0 Å². The molecule has 0 spiro atoms. The number of hydrogen-bond acceptors (Lipinski definition) is 7. The molecule has 1 fully saturated rings. The van der Waals surface area contributed by atoms with E-state index in [0.29, 0.717) is 36.0 Å². The van der Waals surface area contributed by atoms with E-state index in [1.165, 1.54) is 0 Å². The van der Waals surface area contributed by atoms with Crippen LogP contribution in [0.4, 0.5) is 0 Å². The fourth-order valence-corrected chi connectivity index (χ4v) is 5.63. The Morgan fingerprint density at radius 2 is 1.76 bits per heavy atom. The number of aromatic amines is 1. The zero-order chi connectivity index (χ0) is 29.6. The van der Waals surface area contributed by atoms with E-state index in [0.717, 1.165) is 66.6 Å². The van der Waals surface area contributed by atoms with E-state index in [1.54, 1.807) is 11.5 Å². The Morgan fingerprint density at radius 3 is 2.43 bits per heavy atom. The first-order valence-electron chi connectivity index (χ1n) is 14.9. The molecule has 1 N–H and O–H groups in total.